The Labute approximate surface area is 202 Å². The lowest BCUT2D eigenvalue weighted by Crippen LogP contribution is -2.13. The molecule has 174 valence electrons. The van der Waals surface area contributed by atoms with Crippen LogP contribution in [0.15, 0.2) is 42.5 Å². The van der Waals surface area contributed by atoms with Crippen molar-refractivity contribution in [3.8, 4) is 23.0 Å². The van der Waals surface area contributed by atoms with E-state index in [1.165, 1.54) is 6.92 Å². The lowest BCUT2D eigenvalue weighted by atomic mass is 10.1. The Balaban J connectivity index is 2.30. The first-order valence-corrected chi connectivity index (χ1v) is 11.3. The van der Waals surface area contributed by atoms with E-state index in [0.717, 1.165) is 0 Å². The van der Waals surface area contributed by atoms with Crippen molar-refractivity contribution in [2.45, 2.75) is 33.6 Å². The first kappa shape index (κ1) is 24.7. The number of esters is 2. The summed E-state index contributed by atoms with van der Waals surface area (Å²) in [6, 6.07) is 11.5. The summed E-state index contributed by atoms with van der Waals surface area (Å²) >= 11 is 12.4. The molecule has 0 saturated carbocycles. The largest absolute Gasteiger partial charge is 0.486 e. The molecule has 0 unspecified atom stereocenters. The molecule has 0 radical (unpaired) electrons. The standard InChI is InChI=1S/C25H24Cl2O6/c1-4-12-30-23-21(33-25(29)18-8-6-7-9-20(18)27)17-11-10-16(26)14-19(17)22(32-15(3)28)24(23)31-13-5-2/h6-11,14H,4-5,12-13H2,1-3H3. The predicted octanol–water partition coefficient (Wildman–Crippen LogP) is 6.87. The zero-order valence-electron chi connectivity index (χ0n) is 18.6. The van der Waals surface area contributed by atoms with E-state index in [1.54, 1.807) is 42.5 Å². The normalized spacial score (nSPS) is 10.7. The van der Waals surface area contributed by atoms with Crippen molar-refractivity contribution >= 4 is 45.9 Å². The van der Waals surface area contributed by atoms with Crippen LogP contribution in [0.5, 0.6) is 23.0 Å². The predicted molar refractivity (Wildman–Crippen MR) is 128 cm³/mol. The summed E-state index contributed by atoms with van der Waals surface area (Å²) in [5.41, 5.74) is 0.197. The van der Waals surface area contributed by atoms with Crippen LogP contribution in [0.1, 0.15) is 44.0 Å². The Kier molecular flexibility index (Phi) is 8.42. The second-order valence-corrected chi connectivity index (χ2v) is 8.01. The van der Waals surface area contributed by atoms with E-state index in [1.807, 2.05) is 13.8 Å². The minimum atomic E-state index is -0.667. The van der Waals surface area contributed by atoms with Crippen molar-refractivity contribution in [2.75, 3.05) is 13.2 Å². The molecular weight excluding hydrogens is 467 g/mol. The van der Waals surface area contributed by atoms with Gasteiger partial charge >= 0.3 is 11.9 Å². The number of rotatable bonds is 9. The molecule has 0 bridgehead atoms. The molecule has 33 heavy (non-hydrogen) atoms. The first-order chi connectivity index (χ1) is 15.9. The van der Waals surface area contributed by atoms with Crippen LogP contribution in [0, 0.1) is 0 Å². The Morgan fingerprint density at radius 3 is 1.97 bits per heavy atom. The molecule has 3 rings (SSSR count). The monoisotopic (exact) mass is 490 g/mol. The van der Waals surface area contributed by atoms with E-state index in [-0.39, 0.29) is 33.6 Å². The summed E-state index contributed by atoms with van der Waals surface area (Å²) in [7, 11) is 0. The number of benzene rings is 3. The Morgan fingerprint density at radius 1 is 0.788 bits per heavy atom. The van der Waals surface area contributed by atoms with Crippen LogP contribution >= 0.6 is 23.2 Å². The van der Waals surface area contributed by atoms with Crippen LogP contribution in [0.2, 0.25) is 10.0 Å². The number of hydrogen-bond acceptors (Lipinski definition) is 6. The number of halogens is 2. The summed E-state index contributed by atoms with van der Waals surface area (Å²) < 4.78 is 23.3. The minimum absolute atomic E-state index is 0.127. The number of ether oxygens (including phenoxy) is 4. The molecule has 0 spiro atoms. The lowest BCUT2D eigenvalue weighted by Gasteiger charge is -2.21. The van der Waals surface area contributed by atoms with E-state index in [2.05, 4.69) is 0 Å². The molecule has 0 aliphatic rings. The molecule has 0 aliphatic carbocycles. The van der Waals surface area contributed by atoms with Gasteiger partial charge < -0.3 is 18.9 Å². The third-order valence-electron chi connectivity index (χ3n) is 4.52. The maximum Gasteiger partial charge on any atom is 0.345 e. The smallest absolute Gasteiger partial charge is 0.345 e. The fraction of sp³-hybridized carbons (Fsp3) is 0.280. The second kappa shape index (κ2) is 11.3. The molecule has 0 amide bonds. The summed E-state index contributed by atoms with van der Waals surface area (Å²) in [5.74, 6) is -0.604. The molecule has 8 heteroatoms. The molecule has 0 heterocycles. The molecule has 0 N–H and O–H groups in total. The van der Waals surface area contributed by atoms with Gasteiger partial charge in [-0.1, -0.05) is 49.2 Å². The van der Waals surface area contributed by atoms with Gasteiger partial charge in [-0.05, 0) is 43.2 Å². The van der Waals surface area contributed by atoms with E-state index < -0.39 is 11.9 Å². The third-order valence-corrected chi connectivity index (χ3v) is 5.09. The van der Waals surface area contributed by atoms with Crippen LogP contribution < -0.4 is 18.9 Å². The molecule has 0 saturated heterocycles. The van der Waals surface area contributed by atoms with Gasteiger partial charge in [-0.3, -0.25) is 4.79 Å². The van der Waals surface area contributed by atoms with Crippen LogP contribution in [0.4, 0.5) is 0 Å². The highest BCUT2D eigenvalue weighted by atomic mass is 35.5. The average molecular weight is 491 g/mol. The van der Waals surface area contributed by atoms with Gasteiger partial charge in [0.25, 0.3) is 0 Å². The lowest BCUT2D eigenvalue weighted by molar-refractivity contribution is -0.131. The summed E-state index contributed by atoms with van der Waals surface area (Å²) in [6.45, 7) is 5.81. The highest BCUT2D eigenvalue weighted by molar-refractivity contribution is 6.33. The number of carbonyl (C=O) groups excluding carboxylic acids is 2. The van der Waals surface area contributed by atoms with Crippen LogP contribution in [0.3, 0.4) is 0 Å². The van der Waals surface area contributed by atoms with Gasteiger partial charge in [0.05, 0.1) is 23.8 Å². The first-order valence-electron chi connectivity index (χ1n) is 10.6. The van der Waals surface area contributed by atoms with Crippen molar-refractivity contribution in [1.29, 1.82) is 0 Å². The molecule has 0 aromatic heterocycles. The van der Waals surface area contributed by atoms with E-state index in [4.69, 9.17) is 42.1 Å². The summed E-state index contributed by atoms with van der Waals surface area (Å²) in [5, 5.41) is 1.56. The minimum Gasteiger partial charge on any atom is -0.486 e. The number of fused-ring (bicyclic) bond motifs is 1. The maximum atomic E-state index is 13.0. The molecule has 0 atom stereocenters. The van der Waals surface area contributed by atoms with Crippen molar-refractivity contribution in [1.82, 2.24) is 0 Å². The van der Waals surface area contributed by atoms with E-state index in [0.29, 0.717) is 41.9 Å². The van der Waals surface area contributed by atoms with Crippen molar-refractivity contribution < 1.29 is 28.5 Å². The Hall–Kier alpha value is -2.96. The van der Waals surface area contributed by atoms with Crippen LogP contribution in [0.25, 0.3) is 10.8 Å². The third kappa shape index (κ3) is 5.70. The van der Waals surface area contributed by atoms with Gasteiger partial charge in [0.1, 0.15) is 0 Å². The van der Waals surface area contributed by atoms with E-state index in [9.17, 15) is 9.59 Å². The Bertz CT molecular complexity index is 1180. The molecule has 6 nitrogen and oxygen atoms in total. The maximum absolute atomic E-state index is 13.0. The van der Waals surface area contributed by atoms with E-state index >= 15 is 0 Å². The topological polar surface area (TPSA) is 71.1 Å². The average Bonchev–Trinajstić information content (AvgIpc) is 2.78. The van der Waals surface area contributed by atoms with Gasteiger partial charge in [0.15, 0.2) is 11.5 Å². The molecule has 3 aromatic carbocycles. The van der Waals surface area contributed by atoms with Gasteiger partial charge in [-0.15, -0.1) is 0 Å². The van der Waals surface area contributed by atoms with Crippen molar-refractivity contribution in [3.63, 3.8) is 0 Å². The fourth-order valence-corrected chi connectivity index (χ4v) is 3.53. The van der Waals surface area contributed by atoms with Crippen LogP contribution in [-0.4, -0.2) is 25.2 Å². The number of hydrogen-bond donors (Lipinski definition) is 0. The quantitative estimate of drug-likeness (QED) is 0.240. The second-order valence-electron chi connectivity index (χ2n) is 7.17. The van der Waals surface area contributed by atoms with Crippen molar-refractivity contribution in [3.05, 3.63) is 58.1 Å². The SMILES string of the molecule is CCCOc1c(OCCC)c(OC(=O)c2ccccc2Cl)c2ccc(Cl)cc2c1OC(C)=O. The van der Waals surface area contributed by atoms with Gasteiger partial charge in [-0.25, -0.2) is 4.79 Å². The summed E-state index contributed by atoms with van der Waals surface area (Å²) in [4.78, 5) is 25.0. The van der Waals surface area contributed by atoms with Crippen LogP contribution in [-0.2, 0) is 4.79 Å². The van der Waals surface area contributed by atoms with Gasteiger partial charge in [0.2, 0.25) is 11.5 Å². The molecule has 0 fully saturated rings. The molecule has 3 aromatic rings. The molecular formula is C25H24Cl2O6. The van der Waals surface area contributed by atoms with Crippen molar-refractivity contribution in [2.24, 2.45) is 0 Å². The highest BCUT2D eigenvalue weighted by Crippen LogP contribution is 2.52. The summed E-state index contributed by atoms with van der Waals surface area (Å²) in [6.07, 6.45) is 1.38. The fourth-order valence-electron chi connectivity index (χ4n) is 3.14. The molecule has 0 aliphatic heterocycles. The zero-order valence-corrected chi connectivity index (χ0v) is 20.1. The van der Waals surface area contributed by atoms with Gasteiger partial charge in [0, 0.05) is 22.7 Å². The Morgan fingerprint density at radius 2 is 1.39 bits per heavy atom. The zero-order chi connectivity index (χ0) is 24.0. The number of carbonyl (C=O) groups is 2. The van der Waals surface area contributed by atoms with Gasteiger partial charge in [-0.2, -0.15) is 0 Å². The highest BCUT2D eigenvalue weighted by Gasteiger charge is 2.28.